The Hall–Kier alpha value is -0.290. The van der Waals surface area contributed by atoms with Gasteiger partial charge in [-0.3, -0.25) is 0 Å². The monoisotopic (exact) mass is 335 g/mol. The van der Waals surface area contributed by atoms with E-state index in [-0.39, 0.29) is 21.8 Å². The van der Waals surface area contributed by atoms with Crippen LogP contribution >= 0.6 is 23.2 Å². The number of halogens is 2. The average molecular weight is 336 g/mol. The summed E-state index contributed by atoms with van der Waals surface area (Å²) < 4.78 is 27.3. The molecule has 0 aromatic heterocycles. The lowest BCUT2D eigenvalue weighted by molar-refractivity contribution is 0.342. The molecule has 6 heteroatoms. The van der Waals surface area contributed by atoms with Gasteiger partial charge in [0, 0.05) is 18.5 Å². The highest BCUT2D eigenvalue weighted by molar-refractivity contribution is 7.89. The number of sulfonamides is 1. The summed E-state index contributed by atoms with van der Waals surface area (Å²) in [5.74, 6) is 0.273. The van der Waals surface area contributed by atoms with Crippen molar-refractivity contribution in [3.8, 4) is 0 Å². The van der Waals surface area contributed by atoms with Crippen molar-refractivity contribution < 1.29 is 8.42 Å². The fraction of sp³-hybridized carbons (Fsp3) is 0.571. The van der Waals surface area contributed by atoms with Crippen molar-refractivity contribution in [1.82, 2.24) is 4.31 Å². The van der Waals surface area contributed by atoms with E-state index in [2.05, 4.69) is 0 Å². The maximum absolute atomic E-state index is 12.8. The highest BCUT2D eigenvalue weighted by Gasteiger charge is 2.31. The van der Waals surface area contributed by atoms with Crippen molar-refractivity contribution in [1.29, 1.82) is 0 Å². The number of rotatable bonds is 3. The Kier molecular flexibility index (Phi) is 5.35. The van der Waals surface area contributed by atoms with E-state index in [1.54, 1.807) is 22.5 Å². The van der Waals surface area contributed by atoms with Gasteiger partial charge in [0.25, 0.3) is 0 Å². The summed E-state index contributed by atoms with van der Waals surface area (Å²) in [7, 11) is -3.56. The molecule has 1 atom stereocenters. The van der Waals surface area contributed by atoms with Crippen molar-refractivity contribution in [3.05, 3.63) is 28.8 Å². The summed E-state index contributed by atoms with van der Waals surface area (Å²) in [6.07, 6.45) is 3.94. The molecule has 0 radical (unpaired) electrons. The first-order valence-corrected chi connectivity index (χ1v) is 9.18. The van der Waals surface area contributed by atoms with E-state index in [9.17, 15) is 8.42 Å². The summed E-state index contributed by atoms with van der Waals surface area (Å²) in [5, 5.41) is 0.260. The van der Waals surface area contributed by atoms with Gasteiger partial charge in [0.2, 0.25) is 10.0 Å². The largest absolute Gasteiger partial charge is 0.244 e. The fourth-order valence-corrected chi connectivity index (χ4v) is 4.95. The van der Waals surface area contributed by atoms with Gasteiger partial charge >= 0.3 is 0 Å². The molecule has 0 amide bonds. The average Bonchev–Trinajstić information content (AvgIpc) is 2.64. The SMILES string of the molecule is CC1CCCCCN1S(=O)(=O)c1cc(CCl)ccc1Cl. The summed E-state index contributed by atoms with van der Waals surface area (Å²) in [5.41, 5.74) is 0.761. The minimum absolute atomic E-state index is 0.0122. The smallest absolute Gasteiger partial charge is 0.207 e. The Morgan fingerprint density at radius 2 is 2.05 bits per heavy atom. The standard InChI is InChI=1S/C14H19Cl2NO2S/c1-11-5-3-2-4-8-17(11)20(18,19)14-9-12(10-15)6-7-13(14)16/h6-7,9,11H,2-5,8,10H2,1H3. The van der Waals surface area contributed by atoms with E-state index in [0.717, 1.165) is 31.2 Å². The molecule has 112 valence electrons. The van der Waals surface area contributed by atoms with Gasteiger partial charge in [-0.1, -0.05) is 30.5 Å². The van der Waals surface area contributed by atoms with Gasteiger partial charge in [-0.15, -0.1) is 11.6 Å². The third kappa shape index (κ3) is 3.30. The van der Waals surface area contributed by atoms with Gasteiger partial charge in [0.15, 0.2) is 0 Å². The third-order valence-electron chi connectivity index (χ3n) is 3.73. The second-order valence-electron chi connectivity index (χ2n) is 5.21. The molecular formula is C14H19Cl2NO2S. The molecule has 0 N–H and O–H groups in total. The molecule has 1 aromatic carbocycles. The predicted octanol–water partition coefficient (Wildman–Crippen LogP) is 4.03. The Balaban J connectivity index is 2.43. The van der Waals surface area contributed by atoms with Gasteiger partial charge in [-0.2, -0.15) is 4.31 Å². The number of hydrogen-bond acceptors (Lipinski definition) is 2. The normalized spacial score (nSPS) is 21.6. The molecule has 1 saturated heterocycles. The summed E-state index contributed by atoms with van der Waals surface area (Å²) in [4.78, 5) is 0.172. The second-order valence-corrected chi connectivity index (χ2v) is 7.75. The van der Waals surface area contributed by atoms with E-state index in [1.165, 1.54) is 0 Å². The topological polar surface area (TPSA) is 37.4 Å². The number of nitrogens with zero attached hydrogens (tertiary/aromatic N) is 1. The van der Waals surface area contributed by atoms with E-state index in [1.807, 2.05) is 6.92 Å². The quantitative estimate of drug-likeness (QED) is 0.782. The van der Waals surface area contributed by atoms with Crippen molar-refractivity contribution in [2.45, 2.75) is 49.4 Å². The fourth-order valence-electron chi connectivity index (χ4n) is 2.56. The highest BCUT2D eigenvalue weighted by Crippen LogP contribution is 2.30. The Morgan fingerprint density at radius 3 is 2.75 bits per heavy atom. The van der Waals surface area contributed by atoms with Gasteiger partial charge in [-0.25, -0.2) is 8.42 Å². The molecule has 1 aromatic rings. The van der Waals surface area contributed by atoms with Crippen LogP contribution in [0, 0.1) is 0 Å². The zero-order valence-electron chi connectivity index (χ0n) is 11.5. The van der Waals surface area contributed by atoms with Crippen LogP contribution in [0.1, 0.15) is 38.2 Å². The van der Waals surface area contributed by atoms with Crippen molar-refractivity contribution in [2.75, 3.05) is 6.54 Å². The maximum atomic E-state index is 12.8. The zero-order valence-corrected chi connectivity index (χ0v) is 13.8. The van der Waals surface area contributed by atoms with Crippen LogP contribution in [0.3, 0.4) is 0 Å². The van der Waals surface area contributed by atoms with Crippen LogP contribution in [0.25, 0.3) is 0 Å². The Morgan fingerprint density at radius 1 is 1.30 bits per heavy atom. The summed E-state index contributed by atoms with van der Waals surface area (Å²) in [6.45, 7) is 2.52. The molecule has 3 nitrogen and oxygen atoms in total. The van der Waals surface area contributed by atoms with Crippen LogP contribution < -0.4 is 0 Å². The first-order chi connectivity index (χ1) is 9.46. The first kappa shape index (κ1) is 16.1. The molecule has 0 saturated carbocycles. The van der Waals surface area contributed by atoms with Gasteiger partial charge in [-0.05, 0) is 37.5 Å². The number of benzene rings is 1. The molecule has 1 heterocycles. The van der Waals surface area contributed by atoms with E-state index >= 15 is 0 Å². The molecule has 0 aliphatic carbocycles. The summed E-state index contributed by atoms with van der Waals surface area (Å²) >= 11 is 11.9. The number of hydrogen-bond donors (Lipinski definition) is 0. The van der Waals surface area contributed by atoms with Crippen molar-refractivity contribution in [2.24, 2.45) is 0 Å². The van der Waals surface area contributed by atoms with E-state index in [0.29, 0.717) is 6.54 Å². The maximum Gasteiger partial charge on any atom is 0.244 e. The van der Waals surface area contributed by atoms with Crippen LogP contribution in [0.2, 0.25) is 5.02 Å². The molecule has 20 heavy (non-hydrogen) atoms. The van der Waals surface area contributed by atoms with Crippen LogP contribution in [0.4, 0.5) is 0 Å². The molecule has 1 aliphatic heterocycles. The zero-order chi connectivity index (χ0) is 14.8. The molecule has 0 bridgehead atoms. The van der Waals surface area contributed by atoms with E-state index in [4.69, 9.17) is 23.2 Å². The lowest BCUT2D eigenvalue weighted by Gasteiger charge is -2.26. The Bertz CT molecular complexity index is 575. The van der Waals surface area contributed by atoms with E-state index < -0.39 is 10.0 Å². The van der Waals surface area contributed by atoms with Gasteiger partial charge < -0.3 is 0 Å². The van der Waals surface area contributed by atoms with Crippen LogP contribution in [-0.4, -0.2) is 25.3 Å². The second kappa shape index (κ2) is 6.65. The lowest BCUT2D eigenvalue weighted by Crippen LogP contribution is -2.38. The highest BCUT2D eigenvalue weighted by atomic mass is 35.5. The third-order valence-corrected chi connectivity index (χ3v) is 6.53. The lowest BCUT2D eigenvalue weighted by atomic mass is 10.1. The van der Waals surface area contributed by atoms with Crippen molar-refractivity contribution in [3.63, 3.8) is 0 Å². The predicted molar refractivity (Wildman–Crippen MR) is 82.8 cm³/mol. The first-order valence-electron chi connectivity index (χ1n) is 6.83. The molecule has 1 fully saturated rings. The van der Waals surface area contributed by atoms with Gasteiger partial charge in [0.1, 0.15) is 4.90 Å². The van der Waals surface area contributed by atoms with Crippen LogP contribution in [0.5, 0.6) is 0 Å². The minimum atomic E-state index is -3.56. The molecule has 1 aliphatic rings. The molecular weight excluding hydrogens is 317 g/mol. The Labute approximate surface area is 130 Å². The van der Waals surface area contributed by atoms with Gasteiger partial charge in [0.05, 0.1) is 5.02 Å². The molecule has 0 spiro atoms. The molecule has 2 rings (SSSR count). The summed E-state index contributed by atoms with van der Waals surface area (Å²) in [6, 6.07) is 4.95. The minimum Gasteiger partial charge on any atom is -0.207 e. The van der Waals surface area contributed by atoms with Crippen molar-refractivity contribution >= 4 is 33.2 Å². The van der Waals surface area contributed by atoms with Crippen LogP contribution in [-0.2, 0) is 15.9 Å². The molecule has 1 unspecified atom stereocenters. The van der Waals surface area contributed by atoms with Crippen LogP contribution in [0.15, 0.2) is 23.1 Å². The number of alkyl halides is 1.